The second-order valence-corrected chi connectivity index (χ2v) is 4.96. The molecule has 0 radical (unpaired) electrons. The van der Waals surface area contributed by atoms with Crippen LogP contribution in [0.15, 0.2) is 29.6 Å². The summed E-state index contributed by atoms with van der Waals surface area (Å²) in [6.07, 6.45) is 0. The number of nitrogens with one attached hydrogen (secondary N) is 1. The number of thiazole rings is 1. The van der Waals surface area contributed by atoms with E-state index >= 15 is 0 Å². The normalized spacial score (nSPS) is 10.2. The van der Waals surface area contributed by atoms with E-state index in [9.17, 15) is 4.79 Å². The Bertz CT molecular complexity index is 569. The minimum atomic E-state index is -0.185. The van der Waals surface area contributed by atoms with E-state index in [1.807, 2.05) is 12.3 Å². The molecule has 1 heterocycles. The van der Waals surface area contributed by atoms with Gasteiger partial charge in [-0.05, 0) is 19.1 Å². The lowest BCUT2D eigenvalue weighted by Crippen LogP contribution is -2.28. The van der Waals surface area contributed by atoms with Gasteiger partial charge in [0.2, 0.25) is 0 Å². The Labute approximate surface area is 115 Å². The molecule has 6 heteroatoms. The van der Waals surface area contributed by atoms with Crippen molar-refractivity contribution in [3.05, 3.63) is 40.3 Å². The minimum Gasteiger partial charge on any atom is -0.484 e. The third kappa shape index (κ3) is 4.26. The van der Waals surface area contributed by atoms with E-state index in [0.29, 0.717) is 18.0 Å². The summed E-state index contributed by atoms with van der Waals surface area (Å²) in [5.41, 5.74) is 7.19. The number of nitrogens with zero attached hydrogens (tertiary/aromatic N) is 1. The first-order valence-corrected chi connectivity index (χ1v) is 6.67. The van der Waals surface area contributed by atoms with Gasteiger partial charge in [-0.15, -0.1) is 11.3 Å². The van der Waals surface area contributed by atoms with Crippen LogP contribution in [0.2, 0.25) is 0 Å². The summed E-state index contributed by atoms with van der Waals surface area (Å²) in [5, 5.41) is 5.58. The Morgan fingerprint density at radius 2 is 2.37 bits per heavy atom. The molecular weight excluding hydrogens is 262 g/mol. The molecule has 1 aromatic carbocycles. The maximum atomic E-state index is 11.6. The third-order valence-corrected chi connectivity index (χ3v) is 3.30. The number of carbonyl (C=O) groups is 1. The first-order chi connectivity index (χ1) is 9.13. The molecule has 100 valence electrons. The highest BCUT2D eigenvalue weighted by Crippen LogP contribution is 2.14. The van der Waals surface area contributed by atoms with Gasteiger partial charge in [-0.2, -0.15) is 0 Å². The summed E-state index contributed by atoms with van der Waals surface area (Å²) in [5.74, 6) is 0.399. The van der Waals surface area contributed by atoms with Gasteiger partial charge in [-0.3, -0.25) is 4.79 Å². The van der Waals surface area contributed by atoms with Crippen molar-refractivity contribution >= 4 is 22.9 Å². The van der Waals surface area contributed by atoms with Crippen LogP contribution < -0.4 is 15.8 Å². The fourth-order valence-corrected chi connectivity index (χ4v) is 2.17. The van der Waals surface area contributed by atoms with Crippen LogP contribution in [0.1, 0.15) is 10.7 Å². The summed E-state index contributed by atoms with van der Waals surface area (Å²) in [4.78, 5) is 15.8. The Balaban J connectivity index is 1.75. The van der Waals surface area contributed by atoms with Gasteiger partial charge in [0.05, 0.1) is 6.54 Å². The summed E-state index contributed by atoms with van der Waals surface area (Å²) < 4.78 is 5.33. The third-order valence-electron chi connectivity index (χ3n) is 2.33. The van der Waals surface area contributed by atoms with Crippen molar-refractivity contribution in [2.45, 2.75) is 13.5 Å². The molecule has 0 saturated heterocycles. The van der Waals surface area contributed by atoms with Crippen molar-refractivity contribution in [2.24, 2.45) is 0 Å². The maximum absolute atomic E-state index is 11.6. The quantitative estimate of drug-likeness (QED) is 0.816. The van der Waals surface area contributed by atoms with Crippen LogP contribution in [0.4, 0.5) is 5.69 Å². The predicted octanol–water partition coefficient (Wildman–Crippen LogP) is 1.73. The van der Waals surface area contributed by atoms with E-state index in [2.05, 4.69) is 10.3 Å². The van der Waals surface area contributed by atoms with Crippen molar-refractivity contribution in [1.82, 2.24) is 10.3 Å². The zero-order chi connectivity index (χ0) is 13.7. The lowest BCUT2D eigenvalue weighted by atomic mass is 10.3. The van der Waals surface area contributed by atoms with Crippen LogP contribution in [0, 0.1) is 6.92 Å². The molecule has 2 rings (SSSR count). The molecule has 0 bridgehead atoms. The zero-order valence-electron chi connectivity index (χ0n) is 10.6. The van der Waals surface area contributed by atoms with Gasteiger partial charge in [-0.1, -0.05) is 6.07 Å². The van der Waals surface area contributed by atoms with Crippen molar-refractivity contribution in [3.8, 4) is 5.75 Å². The fraction of sp³-hybridized carbons (Fsp3) is 0.231. The number of carbonyl (C=O) groups excluding carboxylic acids is 1. The highest BCUT2D eigenvalue weighted by Gasteiger charge is 2.04. The number of hydrogen-bond donors (Lipinski definition) is 2. The molecule has 0 saturated carbocycles. The summed E-state index contributed by atoms with van der Waals surface area (Å²) >= 11 is 1.52. The number of hydrogen-bond acceptors (Lipinski definition) is 5. The second kappa shape index (κ2) is 6.19. The SMILES string of the molecule is Cc1csc(CNC(=O)COc2cccc(N)c2)n1. The molecular formula is C13H15N3O2S. The highest BCUT2D eigenvalue weighted by molar-refractivity contribution is 7.09. The van der Waals surface area contributed by atoms with Crippen LogP contribution in [0.3, 0.4) is 0 Å². The topological polar surface area (TPSA) is 77.2 Å². The molecule has 0 aliphatic rings. The predicted molar refractivity (Wildman–Crippen MR) is 75.0 cm³/mol. The van der Waals surface area contributed by atoms with Crippen LogP contribution in [0.25, 0.3) is 0 Å². The number of benzene rings is 1. The van der Waals surface area contributed by atoms with Crippen molar-refractivity contribution in [1.29, 1.82) is 0 Å². The van der Waals surface area contributed by atoms with Crippen molar-refractivity contribution in [3.63, 3.8) is 0 Å². The smallest absolute Gasteiger partial charge is 0.258 e. The van der Waals surface area contributed by atoms with Crippen LogP contribution in [0.5, 0.6) is 5.75 Å². The van der Waals surface area contributed by atoms with Gasteiger partial charge in [0.15, 0.2) is 6.61 Å². The molecule has 0 spiro atoms. The molecule has 0 fully saturated rings. The van der Waals surface area contributed by atoms with E-state index in [-0.39, 0.29) is 12.5 Å². The molecule has 0 atom stereocenters. The minimum absolute atomic E-state index is 0.0339. The molecule has 3 N–H and O–H groups in total. The molecule has 0 unspecified atom stereocenters. The van der Waals surface area contributed by atoms with Gasteiger partial charge in [0.25, 0.3) is 5.91 Å². The zero-order valence-corrected chi connectivity index (χ0v) is 11.4. The maximum Gasteiger partial charge on any atom is 0.258 e. The lowest BCUT2D eigenvalue weighted by Gasteiger charge is -2.06. The molecule has 0 aliphatic heterocycles. The van der Waals surface area contributed by atoms with E-state index in [0.717, 1.165) is 10.7 Å². The highest BCUT2D eigenvalue weighted by atomic mass is 32.1. The first kappa shape index (κ1) is 13.4. The molecule has 1 amide bonds. The standard InChI is InChI=1S/C13H15N3O2S/c1-9-8-19-13(16-9)6-15-12(17)7-18-11-4-2-3-10(14)5-11/h2-5,8H,6-7,14H2,1H3,(H,15,17). The molecule has 1 aromatic heterocycles. The Hall–Kier alpha value is -2.08. The molecule has 0 aliphatic carbocycles. The van der Waals surface area contributed by atoms with Gasteiger partial charge >= 0.3 is 0 Å². The summed E-state index contributed by atoms with van der Waals surface area (Å²) in [6, 6.07) is 6.98. The van der Waals surface area contributed by atoms with Crippen LogP contribution in [-0.2, 0) is 11.3 Å². The molecule has 2 aromatic rings. The van der Waals surface area contributed by atoms with Crippen molar-refractivity contribution in [2.75, 3.05) is 12.3 Å². The Morgan fingerprint density at radius 3 is 3.05 bits per heavy atom. The molecule has 19 heavy (non-hydrogen) atoms. The average Bonchev–Trinajstić information content (AvgIpc) is 2.80. The van der Waals surface area contributed by atoms with Gasteiger partial charge in [-0.25, -0.2) is 4.98 Å². The largest absolute Gasteiger partial charge is 0.484 e. The number of rotatable bonds is 5. The summed E-state index contributed by atoms with van der Waals surface area (Å²) in [7, 11) is 0. The number of nitrogen functional groups attached to an aromatic ring is 1. The van der Waals surface area contributed by atoms with Crippen molar-refractivity contribution < 1.29 is 9.53 Å². The second-order valence-electron chi connectivity index (χ2n) is 4.02. The van der Waals surface area contributed by atoms with E-state index < -0.39 is 0 Å². The number of aromatic nitrogens is 1. The van der Waals surface area contributed by atoms with Gasteiger partial charge < -0.3 is 15.8 Å². The first-order valence-electron chi connectivity index (χ1n) is 5.79. The average molecular weight is 277 g/mol. The van der Waals surface area contributed by atoms with E-state index in [1.165, 1.54) is 11.3 Å². The number of amides is 1. The number of ether oxygens (including phenoxy) is 1. The Kier molecular flexibility index (Phi) is 4.35. The van der Waals surface area contributed by atoms with E-state index in [4.69, 9.17) is 10.5 Å². The van der Waals surface area contributed by atoms with E-state index in [1.54, 1.807) is 24.3 Å². The molecule has 5 nitrogen and oxygen atoms in total. The number of anilines is 1. The van der Waals surface area contributed by atoms with Crippen LogP contribution >= 0.6 is 11.3 Å². The van der Waals surface area contributed by atoms with Gasteiger partial charge in [0.1, 0.15) is 10.8 Å². The lowest BCUT2D eigenvalue weighted by molar-refractivity contribution is -0.123. The Morgan fingerprint density at radius 1 is 1.53 bits per heavy atom. The van der Waals surface area contributed by atoms with Crippen LogP contribution in [-0.4, -0.2) is 17.5 Å². The summed E-state index contributed by atoms with van der Waals surface area (Å²) in [6.45, 7) is 2.32. The fourth-order valence-electron chi connectivity index (χ4n) is 1.46. The van der Waals surface area contributed by atoms with Gasteiger partial charge in [0, 0.05) is 22.8 Å². The monoisotopic (exact) mass is 277 g/mol. The number of aryl methyl sites for hydroxylation is 1. The number of nitrogens with two attached hydrogens (primary N) is 1.